The van der Waals surface area contributed by atoms with E-state index >= 15 is 0 Å². The number of carbonyl (C=O) groups excluding carboxylic acids is 2. The van der Waals surface area contributed by atoms with Crippen LogP contribution in [0, 0.1) is 16.7 Å². The molecule has 1 aromatic carbocycles. The van der Waals surface area contributed by atoms with Crippen LogP contribution in [0.2, 0.25) is 0 Å². The summed E-state index contributed by atoms with van der Waals surface area (Å²) < 4.78 is 0. The number of Topliss-reactive ketones (excluding diaryl/α,β-unsaturated/α-hetero) is 1. The summed E-state index contributed by atoms with van der Waals surface area (Å²) in [6.07, 6.45) is 0. The van der Waals surface area contributed by atoms with Crippen molar-refractivity contribution in [3.63, 3.8) is 0 Å². The van der Waals surface area contributed by atoms with Crippen LogP contribution in [0.4, 0.5) is 5.69 Å². The number of benzene rings is 1. The van der Waals surface area contributed by atoms with Crippen LogP contribution < -0.4 is 11.1 Å². The summed E-state index contributed by atoms with van der Waals surface area (Å²) in [5.74, 6) is -0.537. The first-order valence-electron chi connectivity index (χ1n) is 5.87. The zero-order valence-electron chi connectivity index (χ0n) is 11.3. The van der Waals surface area contributed by atoms with E-state index in [4.69, 9.17) is 11.0 Å². The molecule has 0 unspecified atom stereocenters. The maximum absolute atomic E-state index is 11.5. The van der Waals surface area contributed by atoms with Crippen LogP contribution in [0.15, 0.2) is 18.2 Å². The highest BCUT2D eigenvalue weighted by Crippen LogP contribution is 2.21. The topological polar surface area (TPSA) is 96.0 Å². The standard InChI is InChI=1S/C14H17N3O2/c1-9(18)11-5-4-10(7-15)6-12(11)17-8-14(2,3)13(16)19/h4-6,17H,8H2,1-3H3,(H2,16,19). The SMILES string of the molecule is CC(=O)c1ccc(C#N)cc1NCC(C)(C)C(N)=O. The van der Waals surface area contributed by atoms with E-state index < -0.39 is 11.3 Å². The summed E-state index contributed by atoms with van der Waals surface area (Å²) in [5, 5.41) is 11.9. The van der Waals surface area contributed by atoms with Crippen molar-refractivity contribution < 1.29 is 9.59 Å². The second kappa shape index (κ2) is 5.53. The third-order valence-corrected chi connectivity index (χ3v) is 2.92. The Labute approximate surface area is 112 Å². The lowest BCUT2D eigenvalue weighted by Crippen LogP contribution is -2.37. The number of nitriles is 1. The Morgan fingerprint density at radius 3 is 2.53 bits per heavy atom. The summed E-state index contributed by atoms with van der Waals surface area (Å²) in [6, 6.07) is 6.78. The highest BCUT2D eigenvalue weighted by atomic mass is 16.1. The smallest absolute Gasteiger partial charge is 0.224 e. The molecule has 1 rings (SSSR count). The number of primary amides is 1. The van der Waals surface area contributed by atoms with Gasteiger partial charge in [-0.25, -0.2) is 0 Å². The Bertz CT molecular complexity index is 556. The maximum Gasteiger partial charge on any atom is 0.224 e. The number of ketones is 1. The summed E-state index contributed by atoms with van der Waals surface area (Å²) in [4.78, 5) is 22.8. The number of nitrogens with two attached hydrogens (primary N) is 1. The summed E-state index contributed by atoms with van der Waals surface area (Å²) in [7, 11) is 0. The predicted molar refractivity (Wildman–Crippen MR) is 72.6 cm³/mol. The predicted octanol–water partition coefficient (Wildman–Crippen LogP) is 1.68. The fourth-order valence-electron chi connectivity index (χ4n) is 1.47. The van der Waals surface area contributed by atoms with E-state index in [0.717, 1.165) is 0 Å². The van der Waals surface area contributed by atoms with Gasteiger partial charge in [0.2, 0.25) is 5.91 Å². The zero-order chi connectivity index (χ0) is 14.6. The van der Waals surface area contributed by atoms with Gasteiger partial charge in [0.15, 0.2) is 5.78 Å². The van der Waals surface area contributed by atoms with Crippen LogP contribution in [0.1, 0.15) is 36.7 Å². The minimum absolute atomic E-state index is 0.108. The van der Waals surface area contributed by atoms with Gasteiger partial charge in [0.1, 0.15) is 0 Å². The number of carbonyl (C=O) groups is 2. The Morgan fingerprint density at radius 2 is 2.05 bits per heavy atom. The molecule has 0 radical (unpaired) electrons. The van der Waals surface area contributed by atoms with E-state index in [1.807, 2.05) is 6.07 Å². The summed E-state index contributed by atoms with van der Waals surface area (Å²) in [6.45, 7) is 5.16. The van der Waals surface area contributed by atoms with Gasteiger partial charge in [-0.05, 0) is 39.0 Å². The summed E-state index contributed by atoms with van der Waals surface area (Å²) in [5.41, 5.74) is 6.03. The first-order chi connectivity index (χ1) is 8.77. The van der Waals surface area contributed by atoms with Crippen molar-refractivity contribution in [1.29, 1.82) is 5.26 Å². The fourth-order valence-corrected chi connectivity index (χ4v) is 1.47. The van der Waals surface area contributed by atoms with Crippen LogP contribution in [0.25, 0.3) is 0 Å². The first kappa shape index (κ1) is 14.7. The minimum Gasteiger partial charge on any atom is -0.383 e. The third kappa shape index (κ3) is 3.55. The van der Waals surface area contributed by atoms with Crippen LogP contribution in [0.3, 0.4) is 0 Å². The third-order valence-electron chi connectivity index (χ3n) is 2.92. The molecular weight excluding hydrogens is 242 g/mol. The number of amides is 1. The van der Waals surface area contributed by atoms with Crippen molar-refractivity contribution in [1.82, 2.24) is 0 Å². The lowest BCUT2D eigenvalue weighted by molar-refractivity contribution is -0.125. The van der Waals surface area contributed by atoms with Gasteiger partial charge in [-0.1, -0.05) is 0 Å². The van der Waals surface area contributed by atoms with Gasteiger partial charge >= 0.3 is 0 Å². The Morgan fingerprint density at radius 1 is 1.42 bits per heavy atom. The van der Waals surface area contributed by atoms with Crippen molar-refractivity contribution in [2.75, 3.05) is 11.9 Å². The van der Waals surface area contributed by atoms with Gasteiger partial charge < -0.3 is 11.1 Å². The second-order valence-electron chi connectivity index (χ2n) is 5.03. The average Bonchev–Trinajstić information content (AvgIpc) is 2.35. The monoisotopic (exact) mass is 259 g/mol. The van der Waals surface area contributed by atoms with E-state index in [9.17, 15) is 9.59 Å². The maximum atomic E-state index is 11.5. The molecule has 5 heteroatoms. The van der Waals surface area contributed by atoms with E-state index in [2.05, 4.69) is 5.32 Å². The molecule has 19 heavy (non-hydrogen) atoms. The number of nitrogens with one attached hydrogen (secondary N) is 1. The molecule has 0 saturated carbocycles. The normalized spacial score (nSPS) is 10.6. The molecule has 0 heterocycles. The molecule has 1 amide bonds. The van der Waals surface area contributed by atoms with Crippen molar-refractivity contribution in [3.8, 4) is 6.07 Å². The molecule has 0 aromatic heterocycles. The largest absolute Gasteiger partial charge is 0.383 e. The van der Waals surface area contributed by atoms with Crippen molar-refractivity contribution in [3.05, 3.63) is 29.3 Å². The van der Waals surface area contributed by atoms with E-state index in [-0.39, 0.29) is 12.3 Å². The Hall–Kier alpha value is -2.35. The van der Waals surface area contributed by atoms with Crippen LogP contribution in [-0.2, 0) is 4.79 Å². The molecule has 0 bridgehead atoms. The number of anilines is 1. The second-order valence-corrected chi connectivity index (χ2v) is 5.03. The van der Waals surface area contributed by atoms with Gasteiger partial charge in [-0.2, -0.15) is 5.26 Å². The molecule has 0 fully saturated rings. The molecule has 0 aliphatic carbocycles. The average molecular weight is 259 g/mol. The molecule has 3 N–H and O–H groups in total. The van der Waals surface area contributed by atoms with Crippen molar-refractivity contribution in [2.45, 2.75) is 20.8 Å². The van der Waals surface area contributed by atoms with E-state index in [1.54, 1.807) is 32.0 Å². The van der Waals surface area contributed by atoms with Gasteiger partial charge in [0.25, 0.3) is 0 Å². The molecule has 100 valence electrons. The molecular formula is C14H17N3O2. The van der Waals surface area contributed by atoms with Crippen LogP contribution in [0.5, 0.6) is 0 Å². The molecule has 1 aromatic rings. The zero-order valence-corrected chi connectivity index (χ0v) is 11.3. The van der Waals surface area contributed by atoms with Gasteiger partial charge in [-0.15, -0.1) is 0 Å². The fraction of sp³-hybridized carbons (Fsp3) is 0.357. The van der Waals surface area contributed by atoms with Crippen LogP contribution in [-0.4, -0.2) is 18.2 Å². The molecule has 0 spiro atoms. The van der Waals surface area contributed by atoms with Crippen molar-refractivity contribution in [2.24, 2.45) is 11.1 Å². The quantitative estimate of drug-likeness (QED) is 0.786. The highest BCUT2D eigenvalue weighted by Gasteiger charge is 2.25. The van der Waals surface area contributed by atoms with Gasteiger partial charge in [0.05, 0.1) is 17.0 Å². The Kier molecular flexibility index (Phi) is 4.28. The molecule has 0 atom stereocenters. The van der Waals surface area contributed by atoms with E-state index in [1.165, 1.54) is 6.92 Å². The van der Waals surface area contributed by atoms with Crippen LogP contribution >= 0.6 is 0 Å². The highest BCUT2D eigenvalue weighted by molar-refractivity contribution is 5.99. The van der Waals surface area contributed by atoms with Gasteiger partial charge in [0, 0.05) is 17.8 Å². The number of nitrogens with zero attached hydrogens (tertiary/aromatic N) is 1. The Balaban J connectivity index is 3.03. The van der Waals surface area contributed by atoms with Gasteiger partial charge in [-0.3, -0.25) is 9.59 Å². The summed E-state index contributed by atoms with van der Waals surface area (Å²) >= 11 is 0. The van der Waals surface area contributed by atoms with Crippen molar-refractivity contribution >= 4 is 17.4 Å². The minimum atomic E-state index is -0.739. The molecule has 0 aliphatic rings. The lowest BCUT2D eigenvalue weighted by atomic mass is 9.92. The molecule has 0 aliphatic heterocycles. The lowest BCUT2D eigenvalue weighted by Gasteiger charge is -2.22. The first-order valence-corrected chi connectivity index (χ1v) is 5.87. The number of hydrogen-bond donors (Lipinski definition) is 2. The number of rotatable bonds is 5. The molecule has 5 nitrogen and oxygen atoms in total. The number of hydrogen-bond acceptors (Lipinski definition) is 4. The van der Waals surface area contributed by atoms with E-state index in [0.29, 0.717) is 16.8 Å². The molecule has 0 saturated heterocycles.